The van der Waals surface area contributed by atoms with E-state index in [0.29, 0.717) is 10.9 Å². The number of aromatic nitrogens is 1. The lowest BCUT2D eigenvalue weighted by atomic mass is 10.0. The van der Waals surface area contributed by atoms with Crippen LogP contribution in [0.1, 0.15) is 17.2 Å². The Labute approximate surface area is 108 Å². The molecule has 2 N–H and O–H groups in total. The maximum Gasteiger partial charge on any atom is 0.124 e. The van der Waals surface area contributed by atoms with Crippen LogP contribution in [-0.4, -0.2) is 4.98 Å². The molecule has 4 heteroatoms. The molecule has 0 amide bonds. The number of hydrogen-bond acceptors (Lipinski definition) is 2. The Morgan fingerprint density at radius 1 is 1.35 bits per heavy atom. The van der Waals surface area contributed by atoms with Crippen LogP contribution in [0.5, 0.6) is 0 Å². The van der Waals surface area contributed by atoms with Crippen LogP contribution < -0.4 is 5.73 Å². The topological polar surface area (TPSA) is 38.9 Å². The van der Waals surface area contributed by atoms with Crippen molar-refractivity contribution in [3.8, 4) is 0 Å². The van der Waals surface area contributed by atoms with Crippen molar-refractivity contribution in [1.82, 2.24) is 4.98 Å². The summed E-state index contributed by atoms with van der Waals surface area (Å²) in [6.45, 7) is 0. The van der Waals surface area contributed by atoms with E-state index in [0.717, 1.165) is 11.1 Å². The van der Waals surface area contributed by atoms with E-state index in [-0.39, 0.29) is 11.9 Å². The highest BCUT2D eigenvalue weighted by atomic mass is 79.9. The van der Waals surface area contributed by atoms with Gasteiger partial charge in [0.15, 0.2) is 0 Å². The molecule has 0 aliphatic heterocycles. The van der Waals surface area contributed by atoms with Crippen LogP contribution in [0.25, 0.3) is 0 Å². The summed E-state index contributed by atoms with van der Waals surface area (Å²) in [6.07, 6.45) is 4.19. The molecule has 2 nitrogen and oxygen atoms in total. The van der Waals surface area contributed by atoms with Crippen molar-refractivity contribution in [2.24, 2.45) is 5.73 Å². The first-order valence-corrected chi connectivity index (χ1v) is 6.05. The molecule has 1 aromatic carbocycles. The fourth-order valence-corrected chi connectivity index (χ4v) is 2.33. The van der Waals surface area contributed by atoms with Gasteiger partial charge in [0.25, 0.3) is 0 Å². The molecule has 0 spiro atoms. The second-order valence-corrected chi connectivity index (χ2v) is 4.69. The van der Waals surface area contributed by atoms with Gasteiger partial charge in [0, 0.05) is 22.9 Å². The SMILES string of the molecule is NC(Cc1cccnc1)c1ccc(F)cc1Br. The van der Waals surface area contributed by atoms with E-state index >= 15 is 0 Å². The molecule has 0 saturated carbocycles. The van der Waals surface area contributed by atoms with Gasteiger partial charge in [-0.2, -0.15) is 0 Å². The van der Waals surface area contributed by atoms with Crippen LogP contribution in [0.3, 0.4) is 0 Å². The number of nitrogens with zero attached hydrogens (tertiary/aromatic N) is 1. The molecule has 0 aliphatic rings. The van der Waals surface area contributed by atoms with Gasteiger partial charge in [-0.15, -0.1) is 0 Å². The molecular formula is C13H12BrFN2. The molecule has 0 radical (unpaired) electrons. The Hall–Kier alpha value is -1.26. The number of halogens is 2. The Morgan fingerprint density at radius 3 is 2.82 bits per heavy atom. The molecule has 1 unspecified atom stereocenters. The predicted octanol–water partition coefficient (Wildman–Crippen LogP) is 3.23. The highest BCUT2D eigenvalue weighted by Crippen LogP contribution is 2.25. The minimum atomic E-state index is -0.269. The zero-order valence-electron chi connectivity index (χ0n) is 9.11. The van der Waals surface area contributed by atoms with Gasteiger partial charge in [-0.3, -0.25) is 4.98 Å². The van der Waals surface area contributed by atoms with Crippen LogP contribution in [0.4, 0.5) is 4.39 Å². The lowest BCUT2D eigenvalue weighted by Gasteiger charge is -2.13. The smallest absolute Gasteiger partial charge is 0.124 e. The Morgan fingerprint density at radius 2 is 2.18 bits per heavy atom. The van der Waals surface area contributed by atoms with Crippen molar-refractivity contribution in [2.75, 3.05) is 0 Å². The maximum absolute atomic E-state index is 13.0. The van der Waals surface area contributed by atoms with E-state index in [1.165, 1.54) is 12.1 Å². The molecule has 17 heavy (non-hydrogen) atoms. The van der Waals surface area contributed by atoms with Crippen molar-refractivity contribution >= 4 is 15.9 Å². The number of nitrogens with two attached hydrogens (primary N) is 1. The molecule has 0 fully saturated rings. The number of rotatable bonds is 3. The van der Waals surface area contributed by atoms with Crippen LogP contribution in [-0.2, 0) is 6.42 Å². The fraction of sp³-hybridized carbons (Fsp3) is 0.154. The van der Waals surface area contributed by atoms with Crippen molar-refractivity contribution in [3.63, 3.8) is 0 Å². The van der Waals surface area contributed by atoms with Gasteiger partial charge < -0.3 is 5.73 Å². The van der Waals surface area contributed by atoms with Crippen molar-refractivity contribution < 1.29 is 4.39 Å². The third kappa shape index (κ3) is 3.11. The highest BCUT2D eigenvalue weighted by molar-refractivity contribution is 9.10. The minimum Gasteiger partial charge on any atom is -0.324 e. The molecule has 1 heterocycles. The molecule has 0 saturated heterocycles. The quantitative estimate of drug-likeness (QED) is 0.944. The molecule has 1 aromatic heterocycles. The Bertz CT molecular complexity index is 502. The van der Waals surface area contributed by atoms with E-state index < -0.39 is 0 Å². The fourth-order valence-electron chi connectivity index (χ4n) is 1.68. The van der Waals surface area contributed by atoms with Crippen molar-refractivity contribution in [1.29, 1.82) is 0 Å². The van der Waals surface area contributed by atoms with E-state index in [1.54, 1.807) is 18.5 Å². The summed E-state index contributed by atoms with van der Waals surface area (Å²) in [4.78, 5) is 4.04. The summed E-state index contributed by atoms with van der Waals surface area (Å²) in [5.41, 5.74) is 8.06. The molecular weight excluding hydrogens is 283 g/mol. The summed E-state index contributed by atoms with van der Waals surface area (Å²) < 4.78 is 13.7. The molecule has 2 rings (SSSR count). The van der Waals surface area contributed by atoms with Crippen molar-refractivity contribution in [3.05, 3.63) is 64.1 Å². The predicted molar refractivity (Wildman–Crippen MR) is 69.0 cm³/mol. The van der Waals surface area contributed by atoms with Gasteiger partial charge in [0.05, 0.1) is 0 Å². The van der Waals surface area contributed by atoms with Crippen LogP contribution in [0.15, 0.2) is 47.2 Å². The monoisotopic (exact) mass is 294 g/mol. The van der Waals surface area contributed by atoms with E-state index in [1.807, 2.05) is 12.1 Å². The molecule has 88 valence electrons. The van der Waals surface area contributed by atoms with Gasteiger partial charge in [-0.25, -0.2) is 4.39 Å². The maximum atomic E-state index is 13.0. The average Bonchev–Trinajstić information content (AvgIpc) is 2.30. The van der Waals surface area contributed by atoms with E-state index in [9.17, 15) is 4.39 Å². The zero-order valence-corrected chi connectivity index (χ0v) is 10.7. The first-order valence-electron chi connectivity index (χ1n) is 5.26. The second-order valence-electron chi connectivity index (χ2n) is 3.84. The van der Waals surface area contributed by atoms with Crippen LogP contribution >= 0.6 is 15.9 Å². The summed E-state index contributed by atoms with van der Waals surface area (Å²) in [5.74, 6) is -0.269. The van der Waals surface area contributed by atoms with Gasteiger partial charge in [0.1, 0.15) is 5.82 Å². The lowest BCUT2D eigenvalue weighted by molar-refractivity contribution is 0.623. The first kappa shape index (κ1) is 12.2. The largest absolute Gasteiger partial charge is 0.324 e. The first-order chi connectivity index (χ1) is 8.16. The van der Waals surface area contributed by atoms with E-state index in [2.05, 4.69) is 20.9 Å². The van der Waals surface area contributed by atoms with Gasteiger partial charge in [0.2, 0.25) is 0 Å². The highest BCUT2D eigenvalue weighted by Gasteiger charge is 2.11. The van der Waals surface area contributed by atoms with Gasteiger partial charge in [-0.05, 0) is 35.7 Å². The van der Waals surface area contributed by atoms with Gasteiger partial charge in [-0.1, -0.05) is 28.1 Å². The summed E-state index contributed by atoms with van der Waals surface area (Å²) in [7, 11) is 0. The third-order valence-corrected chi connectivity index (χ3v) is 3.23. The number of pyridine rings is 1. The number of benzene rings is 1. The van der Waals surface area contributed by atoms with Crippen LogP contribution in [0, 0.1) is 5.82 Å². The zero-order chi connectivity index (χ0) is 12.3. The number of hydrogen-bond donors (Lipinski definition) is 1. The summed E-state index contributed by atoms with van der Waals surface area (Å²) in [5, 5.41) is 0. The van der Waals surface area contributed by atoms with Gasteiger partial charge >= 0.3 is 0 Å². The summed E-state index contributed by atoms with van der Waals surface area (Å²) >= 11 is 3.33. The molecule has 0 bridgehead atoms. The molecule has 2 aromatic rings. The Kier molecular flexibility index (Phi) is 3.86. The standard InChI is InChI=1S/C13H12BrFN2/c14-12-7-10(15)3-4-11(12)13(16)6-9-2-1-5-17-8-9/h1-5,7-8,13H,6,16H2. The normalized spacial score (nSPS) is 12.4. The minimum absolute atomic E-state index is 0.172. The lowest BCUT2D eigenvalue weighted by Crippen LogP contribution is -2.14. The summed E-state index contributed by atoms with van der Waals surface area (Å²) in [6, 6.07) is 8.24. The third-order valence-electron chi connectivity index (χ3n) is 2.54. The van der Waals surface area contributed by atoms with Crippen molar-refractivity contribution in [2.45, 2.75) is 12.5 Å². The van der Waals surface area contributed by atoms with E-state index in [4.69, 9.17) is 5.73 Å². The van der Waals surface area contributed by atoms with Crippen LogP contribution in [0.2, 0.25) is 0 Å². The average molecular weight is 295 g/mol. The second kappa shape index (κ2) is 5.38. The molecule has 1 atom stereocenters. The molecule has 0 aliphatic carbocycles. The Balaban J connectivity index is 2.17.